The average molecular weight is 252 g/mol. The summed E-state index contributed by atoms with van der Waals surface area (Å²) in [6, 6.07) is 0.514. The molecule has 1 aliphatic rings. The second-order valence-corrected chi connectivity index (χ2v) is 4.45. The third-order valence-corrected chi connectivity index (χ3v) is 2.48. The molecule has 0 saturated heterocycles. The minimum atomic E-state index is -4.24. The van der Waals surface area contributed by atoms with Gasteiger partial charge in [-0.05, 0) is 18.4 Å². The number of hydrogen-bond donors (Lipinski definition) is 2. The Morgan fingerprint density at radius 2 is 2.06 bits per heavy atom. The zero-order valence-corrected chi connectivity index (χ0v) is 9.76. The molecule has 1 saturated carbocycles. The largest absolute Gasteiger partial charge is 0.401 e. The summed E-state index contributed by atoms with van der Waals surface area (Å²) in [5.41, 5.74) is 0.717. The van der Waals surface area contributed by atoms with E-state index in [9.17, 15) is 13.2 Å². The zero-order valence-electron chi connectivity index (χ0n) is 9.76. The van der Waals surface area contributed by atoms with E-state index in [2.05, 4.69) is 11.9 Å². The minimum Gasteiger partial charge on any atom is -0.395 e. The maximum Gasteiger partial charge on any atom is 0.401 e. The Kier molecular flexibility index (Phi) is 5.42. The van der Waals surface area contributed by atoms with Crippen LogP contribution in [0.2, 0.25) is 0 Å². The normalized spacial score (nSPS) is 16.5. The molecule has 0 aromatic rings. The van der Waals surface area contributed by atoms with E-state index in [-0.39, 0.29) is 19.7 Å². The highest BCUT2D eigenvalue weighted by Gasteiger charge is 2.30. The van der Waals surface area contributed by atoms with Crippen molar-refractivity contribution in [2.24, 2.45) is 0 Å². The lowest BCUT2D eigenvalue weighted by Crippen LogP contribution is -2.38. The fraction of sp³-hybridized carbons (Fsp3) is 0.818. The smallest absolute Gasteiger partial charge is 0.395 e. The Balaban J connectivity index is 2.27. The molecule has 1 aliphatic carbocycles. The van der Waals surface area contributed by atoms with Crippen LogP contribution in [0.15, 0.2) is 12.2 Å². The maximum absolute atomic E-state index is 12.2. The number of alkyl halides is 3. The van der Waals surface area contributed by atoms with Gasteiger partial charge in [0, 0.05) is 25.7 Å². The topological polar surface area (TPSA) is 35.5 Å². The molecular formula is C11H19F3N2O. The molecule has 0 atom stereocenters. The van der Waals surface area contributed by atoms with E-state index >= 15 is 0 Å². The van der Waals surface area contributed by atoms with E-state index in [0.29, 0.717) is 12.6 Å². The lowest BCUT2D eigenvalue weighted by molar-refractivity contribution is -0.145. The van der Waals surface area contributed by atoms with Gasteiger partial charge in [0.05, 0.1) is 13.2 Å². The minimum absolute atomic E-state index is 0.0158. The maximum atomic E-state index is 12.2. The molecule has 0 aromatic heterocycles. The summed E-state index contributed by atoms with van der Waals surface area (Å²) < 4.78 is 36.7. The van der Waals surface area contributed by atoms with Crippen LogP contribution in [-0.4, -0.2) is 55.0 Å². The summed E-state index contributed by atoms with van der Waals surface area (Å²) in [5.74, 6) is 0. The Bertz CT molecular complexity index is 252. The van der Waals surface area contributed by atoms with Crippen molar-refractivity contribution in [2.45, 2.75) is 25.1 Å². The van der Waals surface area contributed by atoms with Crippen LogP contribution in [0.1, 0.15) is 12.8 Å². The lowest BCUT2D eigenvalue weighted by Gasteiger charge is -2.23. The van der Waals surface area contributed by atoms with Crippen LogP contribution in [0.5, 0.6) is 0 Å². The first-order chi connectivity index (χ1) is 7.90. The highest BCUT2D eigenvalue weighted by Crippen LogP contribution is 2.19. The van der Waals surface area contributed by atoms with E-state index in [4.69, 9.17) is 5.11 Å². The van der Waals surface area contributed by atoms with Crippen LogP contribution in [-0.2, 0) is 0 Å². The second kappa shape index (κ2) is 6.37. The fourth-order valence-electron chi connectivity index (χ4n) is 1.56. The summed E-state index contributed by atoms with van der Waals surface area (Å²) in [6.07, 6.45) is -1.97. The van der Waals surface area contributed by atoms with Gasteiger partial charge in [0.2, 0.25) is 0 Å². The predicted octanol–water partition coefficient (Wildman–Crippen LogP) is 1.15. The highest BCUT2D eigenvalue weighted by molar-refractivity contribution is 5.02. The van der Waals surface area contributed by atoms with Crippen molar-refractivity contribution in [3.63, 3.8) is 0 Å². The Hall–Kier alpha value is -0.590. The first-order valence-corrected chi connectivity index (χ1v) is 5.70. The van der Waals surface area contributed by atoms with Crippen LogP contribution >= 0.6 is 0 Å². The van der Waals surface area contributed by atoms with Gasteiger partial charge in [-0.25, -0.2) is 0 Å². The first kappa shape index (κ1) is 14.5. The molecule has 100 valence electrons. The van der Waals surface area contributed by atoms with Crippen LogP contribution < -0.4 is 5.32 Å². The van der Waals surface area contributed by atoms with Gasteiger partial charge in [0.1, 0.15) is 0 Å². The number of halogens is 3. The van der Waals surface area contributed by atoms with E-state index in [1.165, 1.54) is 0 Å². The van der Waals surface area contributed by atoms with Gasteiger partial charge in [-0.2, -0.15) is 13.2 Å². The quantitative estimate of drug-likeness (QED) is 0.636. The molecule has 1 rings (SSSR count). The zero-order chi connectivity index (χ0) is 12.9. The van der Waals surface area contributed by atoms with Crippen molar-refractivity contribution in [3.05, 3.63) is 12.2 Å². The third-order valence-electron chi connectivity index (χ3n) is 2.48. The van der Waals surface area contributed by atoms with Gasteiger partial charge >= 0.3 is 6.18 Å². The molecule has 0 aliphatic heterocycles. The van der Waals surface area contributed by atoms with Crippen LogP contribution in [0.25, 0.3) is 0 Å². The van der Waals surface area contributed by atoms with Gasteiger partial charge in [0.25, 0.3) is 0 Å². The van der Waals surface area contributed by atoms with E-state index < -0.39 is 12.7 Å². The van der Waals surface area contributed by atoms with Crippen LogP contribution in [0, 0.1) is 0 Å². The molecule has 17 heavy (non-hydrogen) atoms. The number of nitrogens with zero attached hydrogens (tertiary/aromatic N) is 1. The SMILES string of the molecule is C=C(CNC1CC1)CN(CCO)CC(F)(F)F. The Morgan fingerprint density at radius 3 is 2.53 bits per heavy atom. The number of rotatable bonds is 8. The van der Waals surface area contributed by atoms with Crippen molar-refractivity contribution < 1.29 is 18.3 Å². The molecule has 0 heterocycles. The van der Waals surface area contributed by atoms with Crippen LogP contribution in [0.3, 0.4) is 0 Å². The molecule has 0 bridgehead atoms. The van der Waals surface area contributed by atoms with Gasteiger partial charge < -0.3 is 10.4 Å². The molecule has 6 heteroatoms. The number of hydrogen-bond acceptors (Lipinski definition) is 3. The van der Waals surface area contributed by atoms with Gasteiger partial charge in [-0.1, -0.05) is 6.58 Å². The van der Waals surface area contributed by atoms with Crippen molar-refractivity contribution in [3.8, 4) is 0 Å². The number of aliphatic hydroxyl groups excluding tert-OH is 1. The molecule has 0 unspecified atom stereocenters. The van der Waals surface area contributed by atoms with Crippen molar-refractivity contribution in [1.29, 1.82) is 0 Å². The first-order valence-electron chi connectivity index (χ1n) is 5.70. The molecule has 0 amide bonds. The number of aliphatic hydroxyl groups is 1. The van der Waals surface area contributed by atoms with Crippen LogP contribution in [0.4, 0.5) is 13.2 Å². The van der Waals surface area contributed by atoms with Crippen molar-refractivity contribution in [2.75, 3.05) is 32.8 Å². The fourth-order valence-corrected chi connectivity index (χ4v) is 1.56. The molecule has 1 fully saturated rings. The van der Waals surface area contributed by atoms with Gasteiger partial charge in [-0.3, -0.25) is 4.90 Å². The van der Waals surface area contributed by atoms with Crippen molar-refractivity contribution in [1.82, 2.24) is 10.2 Å². The summed E-state index contributed by atoms with van der Waals surface area (Å²) >= 11 is 0. The molecule has 0 aromatic carbocycles. The second-order valence-electron chi connectivity index (χ2n) is 4.45. The molecule has 0 radical (unpaired) electrons. The standard InChI is InChI=1S/C11H19F3N2O/c1-9(6-15-10-2-3-10)7-16(4-5-17)8-11(12,13)14/h10,15,17H,1-8H2. The Morgan fingerprint density at radius 1 is 1.41 bits per heavy atom. The van der Waals surface area contributed by atoms with E-state index in [1.807, 2.05) is 0 Å². The lowest BCUT2D eigenvalue weighted by atomic mass is 10.2. The highest BCUT2D eigenvalue weighted by atomic mass is 19.4. The summed E-state index contributed by atoms with van der Waals surface area (Å²) in [7, 11) is 0. The summed E-state index contributed by atoms with van der Waals surface area (Å²) in [4.78, 5) is 1.16. The van der Waals surface area contributed by atoms with Gasteiger partial charge in [-0.15, -0.1) is 0 Å². The molecule has 0 spiro atoms. The monoisotopic (exact) mass is 252 g/mol. The summed E-state index contributed by atoms with van der Waals surface area (Å²) in [5, 5.41) is 11.9. The van der Waals surface area contributed by atoms with E-state index in [1.54, 1.807) is 0 Å². The van der Waals surface area contributed by atoms with E-state index in [0.717, 1.165) is 23.3 Å². The average Bonchev–Trinajstić information content (AvgIpc) is 2.95. The Labute approximate surface area is 99.3 Å². The van der Waals surface area contributed by atoms with Gasteiger partial charge in [0.15, 0.2) is 0 Å². The summed E-state index contributed by atoms with van der Waals surface area (Å²) in [6.45, 7) is 3.20. The third kappa shape index (κ3) is 7.36. The predicted molar refractivity (Wildman–Crippen MR) is 59.7 cm³/mol. The molecular weight excluding hydrogens is 233 g/mol. The van der Waals surface area contributed by atoms with Crippen molar-refractivity contribution >= 4 is 0 Å². The number of nitrogens with one attached hydrogen (secondary N) is 1. The molecule has 2 N–H and O–H groups in total. The molecule has 3 nitrogen and oxygen atoms in total.